The molecule has 0 bridgehead atoms. The first-order chi connectivity index (χ1) is 12.9. The molecule has 2 heterocycles. The van der Waals surface area contributed by atoms with Crippen LogP contribution in [0.5, 0.6) is 0 Å². The van der Waals surface area contributed by atoms with Gasteiger partial charge in [-0.2, -0.15) is 0 Å². The van der Waals surface area contributed by atoms with E-state index in [0.29, 0.717) is 22.5 Å². The molecule has 0 radical (unpaired) electrons. The monoisotopic (exact) mass is 363 g/mol. The fourth-order valence-electron chi connectivity index (χ4n) is 3.85. The number of hydrogen-bond acceptors (Lipinski definition) is 5. The minimum Gasteiger partial charge on any atom is -0.398 e. The van der Waals surface area contributed by atoms with Crippen LogP contribution in [-0.2, 0) is 6.42 Å². The molecular weight excluding hydrogens is 334 g/mol. The smallest absolute Gasteiger partial charge is 0.132 e. The maximum atomic E-state index is 8.71. The van der Waals surface area contributed by atoms with E-state index in [0.717, 1.165) is 36.8 Å². The lowest BCUT2D eigenvalue weighted by Gasteiger charge is -2.31. The molecule has 0 atom stereocenters. The van der Waals surface area contributed by atoms with Crippen molar-refractivity contribution in [3.63, 3.8) is 0 Å². The van der Waals surface area contributed by atoms with Crippen molar-refractivity contribution in [2.24, 2.45) is 11.3 Å². The molecule has 5 nitrogen and oxygen atoms in total. The molecule has 4 rings (SSSR count). The molecule has 0 unspecified atom stereocenters. The van der Waals surface area contributed by atoms with Crippen LogP contribution in [0.3, 0.4) is 0 Å². The summed E-state index contributed by atoms with van der Waals surface area (Å²) in [5.74, 6) is 1.69. The summed E-state index contributed by atoms with van der Waals surface area (Å²) >= 11 is 0. The van der Waals surface area contributed by atoms with Crippen LogP contribution in [0.4, 0.5) is 11.5 Å². The highest BCUT2D eigenvalue weighted by molar-refractivity contribution is 6.13. The standard InChI is InChI=1S/C22H29N5/c1-15-5-9-27(10-6-15)20-12-19(25-14-26-20)21(24)17-11-16(3-4-18(17)23)13-22(2)7-8-22/h3-4,11-12,14-15,24H,5-10,13,23H2,1-2H3. The Morgan fingerprint density at radius 2 is 1.96 bits per heavy atom. The van der Waals surface area contributed by atoms with E-state index in [1.165, 1.54) is 31.2 Å². The van der Waals surface area contributed by atoms with Gasteiger partial charge in [0.05, 0.1) is 11.4 Å². The van der Waals surface area contributed by atoms with E-state index < -0.39 is 0 Å². The molecule has 2 aromatic rings. The van der Waals surface area contributed by atoms with Crippen LogP contribution in [0.15, 0.2) is 30.6 Å². The lowest BCUT2D eigenvalue weighted by Crippen LogP contribution is -2.33. The molecule has 1 saturated heterocycles. The molecule has 3 N–H and O–H groups in total. The van der Waals surface area contributed by atoms with E-state index in [1.807, 2.05) is 12.1 Å². The average molecular weight is 364 g/mol. The van der Waals surface area contributed by atoms with E-state index in [9.17, 15) is 0 Å². The van der Waals surface area contributed by atoms with E-state index in [2.05, 4.69) is 40.8 Å². The lowest BCUT2D eigenvalue weighted by molar-refractivity contribution is 0.436. The van der Waals surface area contributed by atoms with Gasteiger partial charge < -0.3 is 10.6 Å². The number of nitrogens with two attached hydrogens (primary N) is 1. The molecule has 1 aromatic heterocycles. The Hall–Kier alpha value is -2.43. The third-order valence-corrected chi connectivity index (χ3v) is 6.14. The van der Waals surface area contributed by atoms with Gasteiger partial charge in [-0.05, 0) is 61.1 Å². The topological polar surface area (TPSA) is 78.9 Å². The van der Waals surface area contributed by atoms with Crippen molar-refractivity contribution in [2.75, 3.05) is 23.7 Å². The van der Waals surface area contributed by atoms with E-state index in [1.54, 1.807) is 6.33 Å². The number of aromatic nitrogens is 2. The van der Waals surface area contributed by atoms with Gasteiger partial charge in [0, 0.05) is 30.4 Å². The Labute approximate surface area is 161 Å². The van der Waals surface area contributed by atoms with Crippen molar-refractivity contribution in [3.05, 3.63) is 47.4 Å². The van der Waals surface area contributed by atoms with Gasteiger partial charge in [-0.3, -0.25) is 5.41 Å². The zero-order valence-corrected chi connectivity index (χ0v) is 16.3. The first-order valence-corrected chi connectivity index (χ1v) is 9.98. The van der Waals surface area contributed by atoms with Crippen molar-refractivity contribution in [2.45, 2.75) is 46.0 Å². The van der Waals surface area contributed by atoms with Crippen molar-refractivity contribution in [1.29, 1.82) is 5.41 Å². The van der Waals surface area contributed by atoms with Crippen LogP contribution < -0.4 is 10.6 Å². The fourth-order valence-corrected chi connectivity index (χ4v) is 3.85. The molecule has 5 heteroatoms. The molecule has 2 fully saturated rings. The summed E-state index contributed by atoms with van der Waals surface area (Å²) in [6, 6.07) is 8.04. The zero-order valence-electron chi connectivity index (χ0n) is 16.3. The number of nitrogen functional groups attached to an aromatic ring is 1. The zero-order chi connectivity index (χ0) is 19.0. The Balaban J connectivity index is 1.57. The predicted octanol–water partition coefficient (Wildman–Crippen LogP) is 4.05. The summed E-state index contributed by atoms with van der Waals surface area (Å²) in [6.07, 6.45) is 7.56. The van der Waals surface area contributed by atoms with Crippen LogP contribution in [0.1, 0.15) is 56.4 Å². The molecule has 1 saturated carbocycles. The summed E-state index contributed by atoms with van der Waals surface area (Å²) in [5, 5.41) is 8.71. The minimum atomic E-state index is 0.379. The lowest BCUT2D eigenvalue weighted by atomic mass is 9.94. The van der Waals surface area contributed by atoms with E-state index in [-0.39, 0.29) is 0 Å². The first-order valence-electron chi connectivity index (χ1n) is 9.98. The molecule has 0 amide bonds. The van der Waals surface area contributed by atoms with Crippen molar-refractivity contribution in [3.8, 4) is 0 Å². The van der Waals surface area contributed by atoms with Gasteiger partial charge in [-0.15, -0.1) is 0 Å². The largest absolute Gasteiger partial charge is 0.398 e. The molecule has 1 aromatic carbocycles. The second-order valence-corrected chi connectivity index (χ2v) is 8.72. The fraction of sp³-hybridized carbons (Fsp3) is 0.500. The summed E-state index contributed by atoms with van der Waals surface area (Å²) in [7, 11) is 0. The van der Waals surface area contributed by atoms with Crippen molar-refractivity contribution < 1.29 is 0 Å². The molecule has 27 heavy (non-hydrogen) atoms. The highest BCUT2D eigenvalue weighted by Crippen LogP contribution is 2.47. The summed E-state index contributed by atoms with van der Waals surface area (Å²) in [4.78, 5) is 11.1. The Kier molecular flexibility index (Phi) is 4.62. The van der Waals surface area contributed by atoms with Gasteiger partial charge in [-0.25, -0.2) is 9.97 Å². The van der Waals surface area contributed by atoms with Gasteiger partial charge in [0.15, 0.2) is 0 Å². The molecule has 2 aliphatic rings. The maximum Gasteiger partial charge on any atom is 0.132 e. The molecule has 1 aliphatic carbocycles. The second kappa shape index (κ2) is 6.95. The third kappa shape index (κ3) is 3.97. The first kappa shape index (κ1) is 18.0. The van der Waals surface area contributed by atoms with Gasteiger partial charge in [0.25, 0.3) is 0 Å². The molecule has 142 valence electrons. The van der Waals surface area contributed by atoms with Crippen LogP contribution in [0.2, 0.25) is 0 Å². The SMILES string of the molecule is CC1CCN(c2cc(C(=N)c3cc(CC4(C)CC4)ccc3N)ncn2)CC1. The number of anilines is 2. The normalized spacial score (nSPS) is 19.1. The quantitative estimate of drug-likeness (QED) is 0.620. The van der Waals surface area contributed by atoms with Crippen LogP contribution in [0, 0.1) is 16.7 Å². The third-order valence-electron chi connectivity index (χ3n) is 6.14. The van der Waals surface area contributed by atoms with Crippen LogP contribution in [-0.4, -0.2) is 28.8 Å². The molecule has 0 spiro atoms. The minimum absolute atomic E-state index is 0.379. The Morgan fingerprint density at radius 3 is 2.67 bits per heavy atom. The molecular formula is C22H29N5. The van der Waals surface area contributed by atoms with Gasteiger partial charge >= 0.3 is 0 Å². The number of nitrogens with zero attached hydrogens (tertiary/aromatic N) is 3. The summed E-state index contributed by atoms with van der Waals surface area (Å²) in [5.41, 5.74) is 10.3. The van der Waals surface area contributed by atoms with Crippen molar-refractivity contribution >= 4 is 17.2 Å². The van der Waals surface area contributed by atoms with Crippen molar-refractivity contribution in [1.82, 2.24) is 9.97 Å². The number of benzene rings is 1. The second-order valence-electron chi connectivity index (χ2n) is 8.72. The van der Waals surface area contributed by atoms with E-state index in [4.69, 9.17) is 11.1 Å². The predicted molar refractivity (Wildman–Crippen MR) is 110 cm³/mol. The summed E-state index contributed by atoms with van der Waals surface area (Å²) in [6.45, 7) is 6.66. The number of nitrogens with one attached hydrogen (secondary N) is 1. The van der Waals surface area contributed by atoms with Gasteiger partial charge in [-0.1, -0.05) is 19.9 Å². The Morgan fingerprint density at radius 1 is 1.22 bits per heavy atom. The highest BCUT2D eigenvalue weighted by Gasteiger charge is 2.37. The van der Waals surface area contributed by atoms with Crippen LogP contribution in [0.25, 0.3) is 0 Å². The average Bonchev–Trinajstić information content (AvgIpc) is 3.40. The van der Waals surface area contributed by atoms with Gasteiger partial charge in [0.1, 0.15) is 12.1 Å². The Bertz CT molecular complexity index is 848. The van der Waals surface area contributed by atoms with E-state index >= 15 is 0 Å². The molecule has 1 aliphatic heterocycles. The summed E-state index contributed by atoms with van der Waals surface area (Å²) < 4.78 is 0. The number of rotatable bonds is 5. The van der Waals surface area contributed by atoms with Gasteiger partial charge in [0.2, 0.25) is 0 Å². The van der Waals surface area contributed by atoms with Crippen LogP contribution >= 0.6 is 0 Å². The number of piperidine rings is 1. The maximum absolute atomic E-state index is 8.71. The number of hydrogen-bond donors (Lipinski definition) is 2. The highest BCUT2D eigenvalue weighted by atomic mass is 15.2.